The first-order chi connectivity index (χ1) is 16.4. The summed E-state index contributed by atoms with van der Waals surface area (Å²) in [6.07, 6.45) is 23.9. The fourth-order valence-electron chi connectivity index (χ4n) is 9.96. The Morgan fingerprint density at radius 2 is 1.62 bits per heavy atom. The summed E-state index contributed by atoms with van der Waals surface area (Å²) in [6.45, 7) is 10.7. The number of carbonyl (C=O) groups excluding carboxylic acids is 1. The number of hydrogen-bond acceptors (Lipinski definition) is 2. The van der Waals surface area contributed by atoms with Crippen molar-refractivity contribution in [3.63, 3.8) is 0 Å². The van der Waals surface area contributed by atoms with Gasteiger partial charge in [0.2, 0.25) is 0 Å². The molecular weight excluding hydrogens is 416 g/mol. The Morgan fingerprint density at radius 1 is 0.853 bits per heavy atom. The SMILES string of the molecule is CCCCCCCCOC(=O)CC[C@@H](C)[C@H]1CC[C@H]2[C@@H]3CCC4CCCC[C@]4(C)[C@H]3CC[C@]12C. The van der Waals surface area contributed by atoms with Gasteiger partial charge in [0.1, 0.15) is 0 Å². The summed E-state index contributed by atoms with van der Waals surface area (Å²) in [7, 11) is 0. The maximum Gasteiger partial charge on any atom is 0.305 e. The van der Waals surface area contributed by atoms with Crippen LogP contribution in [0.2, 0.25) is 0 Å². The van der Waals surface area contributed by atoms with E-state index in [1.54, 1.807) is 0 Å². The number of esters is 1. The topological polar surface area (TPSA) is 26.3 Å². The lowest BCUT2D eigenvalue weighted by Gasteiger charge is -2.61. The zero-order valence-electron chi connectivity index (χ0n) is 23.2. The van der Waals surface area contributed by atoms with Crippen LogP contribution < -0.4 is 0 Å². The van der Waals surface area contributed by atoms with Crippen LogP contribution in [0.5, 0.6) is 0 Å². The van der Waals surface area contributed by atoms with Crippen LogP contribution in [0.3, 0.4) is 0 Å². The van der Waals surface area contributed by atoms with Gasteiger partial charge in [0.15, 0.2) is 0 Å². The van der Waals surface area contributed by atoms with Crippen molar-refractivity contribution >= 4 is 5.97 Å². The largest absolute Gasteiger partial charge is 0.466 e. The molecular formula is C32H56O2. The van der Waals surface area contributed by atoms with Crippen LogP contribution in [0, 0.1) is 46.3 Å². The van der Waals surface area contributed by atoms with Crippen LogP contribution in [-0.2, 0) is 9.53 Å². The third kappa shape index (κ3) is 5.41. The molecule has 0 aromatic rings. The maximum atomic E-state index is 12.4. The highest BCUT2D eigenvalue weighted by atomic mass is 16.5. The first kappa shape index (κ1) is 26.5. The van der Waals surface area contributed by atoms with E-state index >= 15 is 0 Å². The minimum Gasteiger partial charge on any atom is -0.466 e. The number of ether oxygens (including phenoxy) is 1. The number of rotatable bonds is 11. The fraction of sp³-hybridized carbons (Fsp3) is 0.969. The summed E-state index contributed by atoms with van der Waals surface area (Å²) < 4.78 is 5.59. The van der Waals surface area contributed by atoms with Gasteiger partial charge in [0.25, 0.3) is 0 Å². The zero-order valence-corrected chi connectivity index (χ0v) is 23.2. The molecule has 0 aromatic heterocycles. The molecule has 8 atom stereocenters. The summed E-state index contributed by atoms with van der Waals surface area (Å²) in [5, 5.41) is 0. The molecule has 4 aliphatic rings. The van der Waals surface area contributed by atoms with Gasteiger partial charge in [-0.05, 0) is 111 Å². The molecule has 0 bridgehead atoms. The van der Waals surface area contributed by atoms with E-state index in [-0.39, 0.29) is 5.97 Å². The van der Waals surface area contributed by atoms with E-state index < -0.39 is 0 Å². The van der Waals surface area contributed by atoms with Gasteiger partial charge in [0, 0.05) is 6.42 Å². The van der Waals surface area contributed by atoms with Crippen molar-refractivity contribution in [2.45, 2.75) is 143 Å². The molecule has 34 heavy (non-hydrogen) atoms. The van der Waals surface area contributed by atoms with E-state index in [9.17, 15) is 4.79 Å². The van der Waals surface area contributed by atoms with E-state index in [4.69, 9.17) is 4.74 Å². The van der Waals surface area contributed by atoms with Crippen LogP contribution in [-0.4, -0.2) is 12.6 Å². The number of hydrogen-bond donors (Lipinski definition) is 0. The number of fused-ring (bicyclic) bond motifs is 5. The molecule has 0 aliphatic heterocycles. The van der Waals surface area contributed by atoms with Crippen molar-refractivity contribution in [1.29, 1.82) is 0 Å². The van der Waals surface area contributed by atoms with Crippen molar-refractivity contribution in [3.05, 3.63) is 0 Å². The van der Waals surface area contributed by atoms with Crippen LogP contribution in [0.1, 0.15) is 143 Å². The molecule has 2 heteroatoms. The molecule has 0 aromatic carbocycles. The summed E-state index contributed by atoms with van der Waals surface area (Å²) in [6, 6.07) is 0. The highest BCUT2D eigenvalue weighted by molar-refractivity contribution is 5.69. The third-order valence-corrected chi connectivity index (χ3v) is 11.9. The molecule has 4 rings (SSSR count). The second kappa shape index (κ2) is 11.7. The molecule has 4 fully saturated rings. The molecule has 0 radical (unpaired) electrons. The Morgan fingerprint density at radius 3 is 2.44 bits per heavy atom. The molecule has 0 saturated heterocycles. The highest BCUT2D eigenvalue weighted by Crippen LogP contribution is 2.68. The van der Waals surface area contributed by atoms with E-state index in [0.717, 1.165) is 42.4 Å². The quantitative estimate of drug-likeness (QED) is 0.221. The van der Waals surface area contributed by atoms with Crippen LogP contribution >= 0.6 is 0 Å². The van der Waals surface area contributed by atoms with Gasteiger partial charge in [-0.1, -0.05) is 72.6 Å². The van der Waals surface area contributed by atoms with Crippen molar-refractivity contribution in [2.24, 2.45) is 46.3 Å². The molecule has 4 saturated carbocycles. The zero-order chi connectivity index (χ0) is 24.2. The maximum absolute atomic E-state index is 12.4. The van der Waals surface area contributed by atoms with E-state index in [2.05, 4.69) is 27.7 Å². The monoisotopic (exact) mass is 472 g/mol. The van der Waals surface area contributed by atoms with Gasteiger partial charge in [-0.2, -0.15) is 0 Å². The molecule has 0 amide bonds. The first-order valence-electron chi connectivity index (χ1n) is 15.6. The minimum absolute atomic E-state index is 0.0485. The van der Waals surface area contributed by atoms with Crippen molar-refractivity contribution in [3.8, 4) is 0 Å². The summed E-state index contributed by atoms with van der Waals surface area (Å²) in [4.78, 5) is 12.4. The lowest BCUT2D eigenvalue weighted by Crippen LogP contribution is -2.53. The van der Waals surface area contributed by atoms with Crippen LogP contribution in [0.25, 0.3) is 0 Å². The normalized spacial score (nSPS) is 40.2. The Balaban J connectivity index is 1.24. The second-order valence-electron chi connectivity index (χ2n) is 13.6. The van der Waals surface area contributed by atoms with Crippen molar-refractivity contribution < 1.29 is 9.53 Å². The molecule has 2 nitrogen and oxygen atoms in total. The minimum atomic E-state index is 0.0485. The summed E-state index contributed by atoms with van der Waals surface area (Å²) >= 11 is 0. The van der Waals surface area contributed by atoms with E-state index in [1.807, 2.05) is 0 Å². The molecule has 0 spiro atoms. The van der Waals surface area contributed by atoms with Gasteiger partial charge in [0.05, 0.1) is 6.61 Å². The molecule has 196 valence electrons. The Kier molecular flexibility index (Phi) is 9.11. The lowest BCUT2D eigenvalue weighted by atomic mass is 9.44. The second-order valence-corrected chi connectivity index (χ2v) is 13.6. The van der Waals surface area contributed by atoms with Crippen molar-refractivity contribution in [1.82, 2.24) is 0 Å². The average molecular weight is 473 g/mol. The van der Waals surface area contributed by atoms with Gasteiger partial charge >= 0.3 is 5.97 Å². The predicted molar refractivity (Wildman–Crippen MR) is 143 cm³/mol. The molecule has 4 aliphatic carbocycles. The summed E-state index contributed by atoms with van der Waals surface area (Å²) in [5.74, 6) is 5.44. The van der Waals surface area contributed by atoms with E-state index in [0.29, 0.717) is 29.8 Å². The van der Waals surface area contributed by atoms with Gasteiger partial charge in [-0.3, -0.25) is 4.79 Å². The number of carbonyl (C=O) groups is 1. The fourth-order valence-corrected chi connectivity index (χ4v) is 9.96. The average Bonchev–Trinajstić information content (AvgIpc) is 3.19. The van der Waals surface area contributed by atoms with Gasteiger partial charge in [-0.15, -0.1) is 0 Å². The third-order valence-electron chi connectivity index (χ3n) is 11.9. The lowest BCUT2D eigenvalue weighted by molar-refractivity contribution is -0.144. The van der Waals surface area contributed by atoms with Gasteiger partial charge < -0.3 is 4.74 Å². The first-order valence-corrected chi connectivity index (χ1v) is 15.6. The number of unbranched alkanes of at least 4 members (excludes halogenated alkanes) is 5. The highest BCUT2D eigenvalue weighted by Gasteiger charge is 2.60. The smallest absolute Gasteiger partial charge is 0.305 e. The molecule has 0 N–H and O–H groups in total. The van der Waals surface area contributed by atoms with Crippen LogP contribution in [0.4, 0.5) is 0 Å². The Bertz CT molecular complexity index is 657. The molecule has 0 heterocycles. The molecule has 1 unspecified atom stereocenters. The van der Waals surface area contributed by atoms with Gasteiger partial charge in [-0.25, -0.2) is 0 Å². The van der Waals surface area contributed by atoms with E-state index in [1.165, 1.54) is 96.3 Å². The standard InChI is InChI=1S/C32H56O2/c1-5-6-7-8-9-12-23-34-30(33)19-14-24(2)27-17-18-28-26-16-15-25-13-10-11-21-31(25,3)29(26)20-22-32(27,28)4/h24-29H,5-23H2,1-4H3/t24-,25?,26+,27-,28+,29+,31+,32-/m1/s1. The predicted octanol–water partition coefficient (Wildman–Crippen LogP) is 9.36. The van der Waals surface area contributed by atoms with Crippen LogP contribution in [0.15, 0.2) is 0 Å². The Hall–Kier alpha value is -0.530. The Labute approximate surface area is 211 Å². The van der Waals surface area contributed by atoms with Crippen molar-refractivity contribution in [2.75, 3.05) is 6.61 Å². The summed E-state index contributed by atoms with van der Waals surface area (Å²) in [5.41, 5.74) is 1.16.